The third-order valence-corrected chi connectivity index (χ3v) is 3.92. The minimum Gasteiger partial charge on any atom is -0.354 e. The average molecular weight is 404 g/mol. The lowest BCUT2D eigenvalue weighted by Crippen LogP contribution is -2.33. The molecule has 0 saturated carbocycles. The fraction of sp³-hybridized carbons (Fsp3) is 0.0588. The molecule has 0 fully saturated rings. The first-order chi connectivity index (χ1) is 11.9. The maximum absolute atomic E-state index is 12.4. The maximum Gasteiger partial charge on any atom is 0.270 e. The Hall–Kier alpha value is -3.00. The zero-order valence-corrected chi connectivity index (χ0v) is 14.7. The number of hydrogen-bond acceptors (Lipinski definition) is 4. The van der Waals surface area contributed by atoms with Crippen LogP contribution in [0.1, 0.15) is 15.9 Å². The van der Waals surface area contributed by atoms with Crippen molar-refractivity contribution in [2.75, 3.05) is 7.05 Å². The van der Waals surface area contributed by atoms with Crippen LogP contribution >= 0.6 is 15.9 Å². The number of nitrogens with zero attached hydrogens (tertiary/aromatic N) is 1. The number of nitrogens with one attached hydrogen (secondary N) is 2. The summed E-state index contributed by atoms with van der Waals surface area (Å²) >= 11 is 3.28. The molecular weight excluding hydrogens is 390 g/mol. The molecule has 0 aromatic heterocycles. The monoisotopic (exact) mass is 403 g/mol. The molecule has 7 nitrogen and oxygen atoms in total. The summed E-state index contributed by atoms with van der Waals surface area (Å²) in [6.07, 6.45) is 1.38. The van der Waals surface area contributed by atoms with E-state index < -0.39 is 16.7 Å². The molecule has 0 unspecified atom stereocenters. The van der Waals surface area contributed by atoms with Gasteiger partial charge >= 0.3 is 0 Å². The van der Waals surface area contributed by atoms with Gasteiger partial charge < -0.3 is 10.6 Å². The highest BCUT2D eigenvalue weighted by Crippen LogP contribution is 2.18. The molecule has 2 amide bonds. The second-order valence-corrected chi connectivity index (χ2v) is 5.78. The third-order valence-electron chi connectivity index (χ3n) is 3.23. The van der Waals surface area contributed by atoms with Crippen LogP contribution in [0.15, 0.2) is 58.7 Å². The lowest BCUT2D eigenvalue weighted by molar-refractivity contribution is -0.384. The lowest BCUT2D eigenvalue weighted by Gasteiger charge is -2.10. The van der Waals surface area contributed by atoms with Crippen molar-refractivity contribution in [3.8, 4) is 0 Å². The smallest absolute Gasteiger partial charge is 0.270 e. The number of non-ortho nitro benzene ring substituents is 1. The van der Waals surface area contributed by atoms with Crippen LogP contribution in [0.3, 0.4) is 0 Å². The van der Waals surface area contributed by atoms with Crippen molar-refractivity contribution >= 4 is 39.5 Å². The van der Waals surface area contributed by atoms with E-state index >= 15 is 0 Å². The molecule has 2 rings (SSSR count). The van der Waals surface area contributed by atoms with Gasteiger partial charge in [0.1, 0.15) is 5.70 Å². The second-order valence-electron chi connectivity index (χ2n) is 4.92. The molecule has 0 aliphatic heterocycles. The minimum atomic E-state index is -0.531. The van der Waals surface area contributed by atoms with Crippen molar-refractivity contribution in [3.63, 3.8) is 0 Å². The van der Waals surface area contributed by atoms with Crippen molar-refractivity contribution in [2.24, 2.45) is 0 Å². The standard InChI is InChI=1S/C17H14BrN3O4/c1-19-17(23)15(10-11-5-4-6-12(9-11)21(24)25)20-16(22)13-7-2-3-8-14(13)18/h2-10H,1H3,(H,19,23)(H,20,22)/b15-10-. The quantitative estimate of drug-likeness (QED) is 0.455. The van der Waals surface area contributed by atoms with Crippen LogP contribution in [-0.2, 0) is 4.79 Å². The zero-order chi connectivity index (χ0) is 18.4. The van der Waals surface area contributed by atoms with Gasteiger partial charge in [-0.05, 0) is 39.7 Å². The van der Waals surface area contributed by atoms with E-state index in [0.717, 1.165) is 0 Å². The second kappa shape index (κ2) is 8.20. The fourth-order valence-corrected chi connectivity index (χ4v) is 2.49. The molecule has 0 atom stereocenters. The number of rotatable bonds is 5. The van der Waals surface area contributed by atoms with E-state index in [4.69, 9.17) is 0 Å². The number of benzene rings is 2. The lowest BCUT2D eigenvalue weighted by atomic mass is 10.1. The topological polar surface area (TPSA) is 101 Å². The van der Waals surface area contributed by atoms with Crippen LogP contribution in [-0.4, -0.2) is 23.8 Å². The predicted octanol–water partition coefficient (Wildman–Crippen LogP) is 2.87. The molecule has 0 aliphatic rings. The molecule has 2 aromatic carbocycles. The molecule has 0 saturated heterocycles. The highest BCUT2D eigenvalue weighted by molar-refractivity contribution is 9.10. The van der Waals surface area contributed by atoms with Gasteiger partial charge in [0.2, 0.25) is 0 Å². The van der Waals surface area contributed by atoms with E-state index in [1.165, 1.54) is 31.3 Å². The number of hydrogen-bond donors (Lipinski definition) is 2. The van der Waals surface area contributed by atoms with Gasteiger partial charge in [-0.25, -0.2) is 0 Å². The molecule has 8 heteroatoms. The number of likely N-dealkylation sites (N-methyl/N-ethyl adjacent to an activating group) is 1. The Labute approximate surface area is 152 Å². The van der Waals surface area contributed by atoms with Crippen LogP contribution in [0, 0.1) is 10.1 Å². The van der Waals surface area contributed by atoms with Crippen molar-refractivity contribution in [1.29, 1.82) is 0 Å². The molecule has 25 heavy (non-hydrogen) atoms. The molecule has 0 spiro atoms. The van der Waals surface area contributed by atoms with E-state index in [2.05, 4.69) is 26.6 Å². The van der Waals surface area contributed by atoms with Gasteiger partial charge in [0.05, 0.1) is 10.5 Å². The van der Waals surface area contributed by atoms with E-state index in [-0.39, 0.29) is 11.4 Å². The summed E-state index contributed by atoms with van der Waals surface area (Å²) in [6.45, 7) is 0. The van der Waals surface area contributed by atoms with Crippen molar-refractivity contribution in [3.05, 3.63) is 79.9 Å². The largest absolute Gasteiger partial charge is 0.354 e. The molecule has 0 bridgehead atoms. The zero-order valence-electron chi connectivity index (χ0n) is 13.2. The summed E-state index contributed by atoms with van der Waals surface area (Å²) in [4.78, 5) is 34.8. The van der Waals surface area contributed by atoms with Gasteiger partial charge in [0.25, 0.3) is 17.5 Å². The van der Waals surface area contributed by atoms with Crippen LogP contribution in [0.25, 0.3) is 6.08 Å². The Morgan fingerprint density at radius 3 is 2.52 bits per heavy atom. The molecular formula is C17H14BrN3O4. The fourth-order valence-electron chi connectivity index (χ4n) is 2.02. The van der Waals surface area contributed by atoms with Gasteiger partial charge in [-0.3, -0.25) is 19.7 Å². The Kier molecular flexibility index (Phi) is 6.02. The number of carbonyl (C=O) groups excluding carboxylic acids is 2. The van der Waals surface area contributed by atoms with Crippen molar-refractivity contribution < 1.29 is 14.5 Å². The van der Waals surface area contributed by atoms with E-state index in [1.807, 2.05) is 0 Å². The summed E-state index contributed by atoms with van der Waals surface area (Å²) in [5.41, 5.74) is 0.641. The highest BCUT2D eigenvalue weighted by atomic mass is 79.9. The number of nitro groups is 1. The molecule has 2 N–H and O–H groups in total. The number of halogens is 1. The Bertz CT molecular complexity index is 864. The SMILES string of the molecule is CNC(=O)/C(=C/c1cccc([N+](=O)[O-])c1)NC(=O)c1ccccc1Br. The first-order valence-corrected chi connectivity index (χ1v) is 7.96. The van der Waals surface area contributed by atoms with Gasteiger partial charge in [-0.2, -0.15) is 0 Å². The summed E-state index contributed by atoms with van der Waals surface area (Å²) in [5, 5.41) is 15.8. The molecule has 0 heterocycles. The average Bonchev–Trinajstić information content (AvgIpc) is 2.61. The van der Waals surface area contributed by atoms with Gasteiger partial charge in [0, 0.05) is 23.7 Å². The van der Waals surface area contributed by atoms with Crippen LogP contribution in [0.2, 0.25) is 0 Å². The van der Waals surface area contributed by atoms with Gasteiger partial charge in [-0.15, -0.1) is 0 Å². The Morgan fingerprint density at radius 2 is 1.88 bits per heavy atom. The minimum absolute atomic E-state index is 0.0243. The molecule has 128 valence electrons. The summed E-state index contributed by atoms with van der Waals surface area (Å²) in [5.74, 6) is -1.00. The van der Waals surface area contributed by atoms with E-state index in [1.54, 1.807) is 30.3 Å². The number of nitro benzene ring substituents is 1. The number of amides is 2. The van der Waals surface area contributed by atoms with E-state index in [9.17, 15) is 19.7 Å². The number of carbonyl (C=O) groups is 2. The van der Waals surface area contributed by atoms with Gasteiger partial charge in [0.15, 0.2) is 0 Å². The normalized spacial score (nSPS) is 10.9. The van der Waals surface area contributed by atoms with Crippen LogP contribution in [0.4, 0.5) is 5.69 Å². The Balaban J connectivity index is 2.35. The van der Waals surface area contributed by atoms with Crippen LogP contribution in [0.5, 0.6) is 0 Å². The van der Waals surface area contributed by atoms with Crippen molar-refractivity contribution in [1.82, 2.24) is 10.6 Å². The third kappa shape index (κ3) is 4.74. The molecule has 2 aromatic rings. The molecule has 0 aliphatic carbocycles. The summed E-state index contributed by atoms with van der Waals surface area (Å²) in [6, 6.07) is 12.5. The van der Waals surface area contributed by atoms with Crippen LogP contribution < -0.4 is 10.6 Å². The van der Waals surface area contributed by atoms with Gasteiger partial charge in [-0.1, -0.05) is 24.3 Å². The summed E-state index contributed by atoms with van der Waals surface area (Å²) in [7, 11) is 1.42. The first kappa shape index (κ1) is 18.3. The first-order valence-electron chi connectivity index (χ1n) is 7.16. The summed E-state index contributed by atoms with van der Waals surface area (Å²) < 4.78 is 0.583. The Morgan fingerprint density at radius 1 is 1.16 bits per heavy atom. The maximum atomic E-state index is 12.4. The highest BCUT2D eigenvalue weighted by Gasteiger charge is 2.15. The molecule has 0 radical (unpaired) electrons. The predicted molar refractivity (Wildman–Crippen MR) is 96.7 cm³/mol. The van der Waals surface area contributed by atoms with E-state index in [0.29, 0.717) is 15.6 Å². The van der Waals surface area contributed by atoms with Crippen molar-refractivity contribution in [2.45, 2.75) is 0 Å².